The molecule has 1 N–H and O–H groups in total. The zero-order valence-electron chi connectivity index (χ0n) is 19.7. The lowest BCUT2D eigenvalue weighted by Gasteiger charge is -2.34. The van der Waals surface area contributed by atoms with Gasteiger partial charge in [-0.05, 0) is 74.7 Å². The van der Waals surface area contributed by atoms with Crippen LogP contribution in [0.4, 0.5) is 17.1 Å². The zero-order chi connectivity index (χ0) is 24.4. The van der Waals surface area contributed by atoms with E-state index >= 15 is 0 Å². The van der Waals surface area contributed by atoms with Gasteiger partial charge in [-0.25, -0.2) is 8.42 Å². The van der Waals surface area contributed by atoms with Crippen LogP contribution in [0.15, 0.2) is 77.7 Å². The van der Waals surface area contributed by atoms with Crippen molar-refractivity contribution in [2.45, 2.75) is 37.2 Å². The molecule has 0 aliphatic carbocycles. The number of piperidine rings is 1. The number of hydrogen-bond acceptors (Lipinski definition) is 5. The summed E-state index contributed by atoms with van der Waals surface area (Å²) in [7, 11) is -3.88. The molecule has 2 aliphatic heterocycles. The normalized spacial score (nSPS) is 17.9. The largest absolute Gasteiger partial charge is 0.476 e. The third-order valence-electron chi connectivity index (χ3n) is 6.49. The van der Waals surface area contributed by atoms with Crippen molar-refractivity contribution >= 4 is 33.0 Å². The Bertz CT molecular complexity index is 1300. The minimum Gasteiger partial charge on any atom is -0.476 e. The first-order chi connectivity index (χ1) is 16.9. The highest BCUT2D eigenvalue weighted by Crippen LogP contribution is 2.37. The number of nitrogens with one attached hydrogen (secondary N) is 1. The van der Waals surface area contributed by atoms with E-state index in [0.717, 1.165) is 24.3 Å². The SMILES string of the molecule is Cc1ccc(S(=O)(=O)N2C[C@H](C(=O)Nc3ccc(N4CCCCC4)cc3)Oc3ccccc32)cc1. The summed E-state index contributed by atoms with van der Waals surface area (Å²) in [5.74, 6) is -0.0376. The van der Waals surface area contributed by atoms with E-state index in [1.807, 2.05) is 31.2 Å². The molecular weight excluding hydrogens is 462 g/mol. The Hall–Kier alpha value is -3.52. The summed E-state index contributed by atoms with van der Waals surface area (Å²) in [5, 5.41) is 2.89. The standard InChI is InChI=1S/C27H29N3O4S/c1-20-9-15-23(16-10-20)35(32,33)30-19-26(34-25-8-4-3-7-24(25)30)27(31)28-21-11-13-22(14-12-21)29-17-5-2-6-18-29/h3-4,7-16,26H,2,5-6,17-19H2,1H3,(H,28,31)/t26-/m1/s1. The fourth-order valence-electron chi connectivity index (χ4n) is 4.53. The predicted octanol–water partition coefficient (Wildman–Crippen LogP) is 4.58. The summed E-state index contributed by atoms with van der Waals surface area (Å²) in [6.07, 6.45) is 2.67. The molecule has 1 fully saturated rings. The van der Waals surface area contributed by atoms with Crippen LogP contribution in [0, 0.1) is 6.92 Å². The van der Waals surface area contributed by atoms with Gasteiger partial charge in [-0.2, -0.15) is 0 Å². The fourth-order valence-corrected chi connectivity index (χ4v) is 6.01. The van der Waals surface area contributed by atoms with Gasteiger partial charge in [0.15, 0.2) is 6.10 Å². The number of anilines is 3. The molecule has 0 bridgehead atoms. The van der Waals surface area contributed by atoms with Crippen LogP contribution < -0.4 is 19.3 Å². The van der Waals surface area contributed by atoms with Crippen molar-refractivity contribution in [1.29, 1.82) is 0 Å². The van der Waals surface area contributed by atoms with Crippen molar-refractivity contribution in [2.75, 3.05) is 34.2 Å². The van der Waals surface area contributed by atoms with Gasteiger partial charge >= 0.3 is 0 Å². The smallest absolute Gasteiger partial charge is 0.267 e. The Labute approximate surface area is 206 Å². The molecule has 0 saturated carbocycles. The number of nitrogens with zero attached hydrogens (tertiary/aromatic N) is 2. The Kier molecular flexibility index (Phi) is 6.38. The lowest BCUT2D eigenvalue weighted by molar-refractivity contribution is -0.122. The summed E-state index contributed by atoms with van der Waals surface area (Å²) >= 11 is 0. The van der Waals surface area contributed by atoms with E-state index in [0.29, 0.717) is 17.1 Å². The van der Waals surface area contributed by atoms with Crippen molar-refractivity contribution in [3.63, 3.8) is 0 Å². The average Bonchev–Trinajstić information content (AvgIpc) is 2.89. The van der Waals surface area contributed by atoms with E-state index in [4.69, 9.17) is 4.74 Å². The number of benzene rings is 3. The number of ether oxygens (including phenoxy) is 1. The quantitative estimate of drug-likeness (QED) is 0.565. The van der Waals surface area contributed by atoms with Gasteiger partial charge in [0.05, 0.1) is 17.1 Å². The first-order valence-electron chi connectivity index (χ1n) is 11.9. The van der Waals surface area contributed by atoms with Crippen molar-refractivity contribution in [3.05, 3.63) is 78.4 Å². The Balaban J connectivity index is 1.36. The molecule has 0 radical (unpaired) electrons. The summed E-state index contributed by atoms with van der Waals surface area (Å²) in [5.41, 5.74) is 3.17. The molecule has 1 saturated heterocycles. The van der Waals surface area contributed by atoms with Crippen LogP contribution in [0.25, 0.3) is 0 Å². The van der Waals surface area contributed by atoms with Crippen molar-refractivity contribution in [3.8, 4) is 5.75 Å². The molecule has 3 aromatic rings. The van der Waals surface area contributed by atoms with Crippen LogP contribution in [0.3, 0.4) is 0 Å². The van der Waals surface area contributed by atoms with E-state index in [1.54, 1.807) is 48.5 Å². The average molecular weight is 492 g/mol. The monoisotopic (exact) mass is 491 g/mol. The third kappa shape index (κ3) is 4.84. The molecule has 1 amide bonds. The predicted molar refractivity (Wildman–Crippen MR) is 138 cm³/mol. The molecule has 0 aromatic heterocycles. The molecule has 35 heavy (non-hydrogen) atoms. The van der Waals surface area contributed by atoms with Crippen LogP contribution in [-0.4, -0.2) is 40.1 Å². The van der Waals surface area contributed by atoms with Gasteiger partial charge in [0.1, 0.15) is 5.75 Å². The van der Waals surface area contributed by atoms with Crippen LogP contribution in [0.2, 0.25) is 0 Å². The van der Waals surface area contributed by atoms with Gasteiger partial charge in [0.25, 0.3) is 15.9 Å². The summed E-state index contributed by atoms with van der Waals surface area (Å²) < 4.78 is 34.2. The van der Waals surface area contributed by atoms with E-state index < -0.39 is 22.0 Å². The van der Waals surface area contributed by atoms with Gasteiger partial charge in [-0.1, -0.05) is 29.8 Å². The van der Waals surface area contributed by atoms with E-state index in [9.17, 15) is 13.2 Å². The highest BCUT2D eigenvalue weighted by molar-refractivity contribution is 7.92. The number of carbonyl (C=O) groups excluding carboxylic acids is 1. The van der Waals surface area contributed by atoms with Crippen LogP contribution >= 0.6 is 0 Å². The number of rotatable bonds is 5. The second-order valence-corrected chi connectivity index (χ2v) is 10.9. The number of hydrogen-bond donors (Lipinski definition) is 1. The molecular formula is C27H29N3O4S. The molecule has 3 aromatic carbocycles. The van der Waals surface area contributed by atoms with Gasteiger partial charge in [-0.15, -0.1) is 0 Å². The van der Waals surface area contributed by atoms with Crippen molar-refractivity contribution in [1.82, 2.24) is 0 Å². The first-order valence-corrected chi connectivity index (χ1v) is 13.4. The van der Waals surface area contributed by atoms with Crippen molar-refractivity contribution in [2.24, 2.45) is 0 Å². The van der Waals surface area contributed by atoms with Crippen LogP contribution in [0.1, 0.15) is 24.8 Å². The minimum absolute atomic E-state index is 0.120. The minimum atomic E-state index is -3.88. The van der Waals surface area contributed by atoms with E-state index in [1.165, 1.54) is 23.6 Å². The van der Waals surface area contributed by atoms with E-state index in [-0.39, 0.29) is 11.4 Å². The van der Waals surface area contributed by atoms with Crippen LogP contribution in [0.5, 0.6) is 5.75 Å². The maximum absolute atomic E-state index is 13.5. The number of para-hydroxylation sites is 2. The summed E-state index contributed by atoms with van der Waals surface area (Å²) in [6.45, 7) is 3.88. The second kappa shape index (κ2) is 9.62. The highest BCUT2D eigenvalue weighted by Gasteiger charge is 2.37. The molecule has 8 heteroatoms. The van der Waals surface area contributed by atoms with Gasteiger partial charge in [0, 0.05) is 24.5 Å². The zero-order valence-corrected chi connectivity index (χ0v) is 20.5. The molecule has 182 valence electrons. The fraction of sp³-hybridized carbons (Fsp3) is 0.296. The number of amides is 1. The molecule has 2 heterocycles. The Morgan fingerprint density at radius 1 is 0.914 bits per heavy atom. The van der Waals surface area contributed by atoms with Gasteiger partial charge < -0.3 is 15.0 Å². The Morgan fingerprint density at radius 2 is 1.60 bits per heavy atom. The molecule has 7 nitrogen and oxygen atoms in total. The number of fused-ring (bicyclic) bond motifs is 1. The summed E-state index contributed by atoms with van der Waals surface area (Å²) in [6, 6.07) is 21.3. The topological polar surface area (TPSA) is 79.0 Å². The number of carbonyl (C=O) groups is 1. The highest BCUT2D eigenvalue weighted by atomic mass is 32.2. The molecule has 2 aliphatic rings. The second-order valence-electron chi connectivity index (χ2n) is 9.01. The Morgan fingerprint density at radius 3 is 2.31 bits per heavy atom. The maximum Gasteiger partial charge on any atom is 0.267 e. The lowest BCUT2D eigenvalue weighted by atomic mass is 10.1. The van der Waals surface area contributed by atoms with Gasteiger partial charge in [-0.3, -0.25) is 9.10 Å². The number of sulfonamides is 1. The van der Waals surface area contributed by atoms with Crippen molar-refractivity contribution < 1.29 is 17.9 Å². The summed E-state index contributed by atoms with van der Waals surface area (Å²) in [4.78, 5) is 15.7. The molecule has 5 rings (SSSR count). The van der Waals surface area contributed by atoms with E-state index in [2.05, 4.69) is 10.2 Å². The molecule has 1 atom stereocenters. The maximum atomic E-state index is 13.5. The third-order valence-corrected chi connectivity index (χ3v) is 8.29. The van der Waals surface area contributed by atoms with Gasteiger partial charge in [0.2, 0.25) is 0 Å². The number of aryl methyl sites for hydroxylation is 1. The lowest BCUT2D eigenvalue weighted by Crippen LogP contribution is -2.48. The first kappa shape index (κ1) is 23.2. The van der Waals surface area contributed by atoms with Crippen LogP contribution in [-0.2, 0) is 14.8 Å². The molecule has 0 unspecified atom stereocenters. The molecule has 0 spiro atoms.